The molecule has 0 aromatic heterocycles. The molecule has 0 saturated carbocycles. The number of phenols is 1. The van der Waals surface area contributed by atoms with Gasteiger partial charge in [-0.05, 0) is 38.3 Å². The molecule has 1 N–H and O–H groups in total. The van der Waals surface area contributed by atoms with Crippen molar-refractivity contribution in [3.05, 3.63) is 23.3 Å². The molecule has 0 heterocycles. The number of phenolic OH excluding ortho intramolecular Hbond substituents is 1. The van der Waals surface area contributed by atoms with E-state index in [1.54, 1.807) is 6.07 Å². The van der Waals surface area contributed by atoms with Crippen LogP contribution in [-0.2, 0) is 6.42 Å². The average Bonchev–Trinajstić information content (AvgIpc) is 2.41. The molecule has 0 fully saturated rings. The van der Waals surface area contributed by atoms with Crippen molar-refractivity contribution in [2.24, 2.45) is 0 Å². The molecule has 0 radical (unpaired) electrons. The van der Waals surface area contributed by atoms with Gasteiger partial charge in [-0.2, -0.15) is 0 Å². The summed E-state index contributed by atoms with van der Waals surface area (Å²) in [6.07, 6.45) is 4.78. The number of Topliss-reactive ketones (excluding diaryl/α,β-unsaturated/α-hetero) is 1. The lowest BCUT2D eigenvalue weighted by atomic mass is 10.0. The number of rotatable bonds is 8. The molecule has 0 aliphatic carbocycles. The Morgan fingerprint density at radius 1 is 1.25 bits per heavy atom. The van der Waals surface area contributed by atoms with Gasteiger partial charge in [0.25, 0.3) is 0 Å². The Morgan fingerprint density at radius 2 is 1.95 bits per heavy atom. The second-order valence-corrected chi connectivity index (χ2v) is 5.18. The van der Waals surface area contributed by atoms with Crippen LogP contribution in [-0.4, -0.2) is 17.0 Å². The fraction of sp³-hybridized carbons (Fsp3) is 0.588. The first kappa shape index (κ1) is 16.5. The Morgan fingerprint density at radius 3 is 2.45 bits per heavy atom. The smallest absolute Gasteiger partial charge is 0.163 e. The molecular formula is C17H26O3. The fourth-order valence-electron chi connectivity index (χ4n) is 2.35. The third-order valence-corrected chi connectivity index (χ3v) is 3.48. The molecule has 1 aromatic carbocycles. The standard InChI is InChI=1S/C17H26O3/c1-5-8-13(7-3)20-16-11-10-14(12(4)18)17(19)15(16)9-6-2/h10-11,13,19H,5-9H2,1-4H3. The Labute approximate surface area is 122 Å². The molecule has 1 atom stereocenters. The lowest BCUT2D eigenvalue weighted by Crippen LogP contribution is -2.16. The highest BCUT2D eigenvalue weighted by molar-refractivity contribution is 5.97. The monoisotopic (exact) mass is 278 g/mol. The van der Waals surface area contributed by atoms with Gasteiger partial charge < -0.3 is 9.84 Å². The van der Waals surface area contributed by atoms with E-state index in [2.05, 4.69) is 13.8 Å². The summed E-state index contributed by atoms with van der Waals surface area (Å²) >= 11 is 0. The van der Waals surface area contributed by atoms with Crippen LogP contribution in [0.2, 0.25) is 0 Å². The van der Waals surface area contributed by atoms with Gasteiger partial charge >= 0.3 is 0 Å². The summed E-state index contributed by atoms with van der Waals surface area (Å²) in [4.78, 5) is 11.5. The average molecular weight is 278 g/mol. The Balaban J connectivity index is 3.12. The van der Waals surface area contributed by atoms with E-state index in [-0.39, 0.29) is 17.6 Å². The molecular weight excluding hydrogens is 252 g/mol. The van der Waals surface area contributed by atoms with Crippen LogP contribution >= 0.6 is 0 Å². The molecule has 112 valence electrons. The van der Waals surface area contributed by atoms with Gasteiger partial charge in [0, 0.05) is 5.56 Å². The number of hydrogen-bond acceptors (Lipinski definition) is 3. The Kier molecular flexibility index (Phi) is 6.56. The minimum absolute atomic E-state index is 0.0863. The maximum Gasteiger partial charge on any atom is 0.163 e. The Hall–Kier alpha value is -1.51. The Bertz CT molecular complexity index is 452. The number of ketones is 1. The summed E-state index contributed by atoms with van der Waals surface area (Å²) in [7, 11) is 0. The van der Waals surface area contributed by atoms with Gasteiger partial charge in [0.2, 0.25) is 0 Å². The second-order valence-electron chi connectivity index (χ2n) is 5.18. The molecule has 3 heteroatoms. The van der Waals surface area contributed by atoms with Gasteiger partial charge in [0.1, 0.15) is 11.5 Å². The van der Waals surface area contributed by atoms with E-state index in [0.29, 0.717) is 12.0 Å². The van der Waals surface area contributed by atoms with Crippen molar-refractivity contribution in [3.63, 3.8) is 0 Å². The number of carbonyl (C=O) groups is 1. The lowest BCUT2D eigenvalue weighted by Gasteiger charge is -2.20. The fourth-order valence-corrected chi connectivity index (χ4v) is 2.35. The predicted octanol–water partition coefficient (Wildman–Crippen LogP) is 4.50. The lowest BCUT2D eigenvalue weighted by molar-refractivity contribution is 0.101. The first-order valence-electron chi connectivity index (χ1n) is 7.57. The predicted molar refractivity (Wildman–Crippen MR) is 81.7 cm³/mol. The van der Waals surface area contributed by atoms with Crippen LogP contribution in [0.25, 0.3) is 0 Å². The minimum atomic E-state index is -0.119. The normalized spacial score (nSPS) is 12.2. The highest BCUT2D eigenvalue weighted by atomic mass is 16.5. The van der Waals surface area contributed by atoms with Crippen LogP contribution in [0.15, 0.2) is 12.1 Å². The zero-order valence-corrected chi connectivity index (χ0v) is 13.0. The summed E-state index contributed by atoms with van der Waals surface area (Å²) in [5.41, 5.74) is 1.14. The van der Waals surface area contributed by atoms with E-state index in [1.807, 2.05) is 13.0 Å². The largest absolute Gasteiger partial charge is 0.507 e. The SMILES string of the molecule is CCCc1c(OC(CC)CCC)ccc(C(C)=O)c1O. The molecule has 0 amide bonds. The molecule has 3 nitrogen and oxygen atoms in total. The van der Waals surface area contributed by atoms with Crippen LogP contribution in [0, 0.1) is 0 Å². The van der Waals surface area contributed by atoms with Crippen molar-refractivity contribution in [2.45, 2.75) is 65.9 Å². The third kappa shape index (κ3) is 3.99. The van der Waals surface area contributed by atoms with Crippen LogP contribution in [0.3, 0.4) is 0 Å². The van der Waals surface area contributed by atoms with Crippen molar-refractivity contribution in [2.75, 3.05) is 0 Å². The van der Waals surface area contributed by atoms with Gasteiger partial charge in [-0.25, -0.2) is 0 Å². The molecule has 0 aliphatic heterocycles. The van der Waals surface area contributed by atoms with E-state index in [0.717, 1.165) is 37.0 Å². The van der Waals surface area contributed by atoms with Gasteiger partial charge in [0.05, 0.1) is 11.7 Å². The van der Waals surface area contributed by atoms with Gasteiger partial charge in [-0.1, -0.05) is 33.6 Å². The van der Waals surface area contributed by atoms with E-state index >= 15 is 0 Å². The summed E-state index contributed by atoms with van der Waals surface area (Å²) in [6, 6.07) is 3.48. The maximum absolute atomic E-state index is 11.5. The maximum atomic E-state index is 11.5. The van der Waals surface area contributed by atoms with Crippen LogP contribution in [0.1, 0.15) is 69.3 Å². The van der Waals surface area contributed by atoms with E-state index in [9.17, 15) is 9.90 Å². The van der Waals surface area contributed by atoms with Gasteiger partial charge in [-0.3, -0.25) is 4.79 Å². The molecule has 0 saturated heterocycles. The number of aromatic hydroxyl groups is 1. The van der Waals surface area contributed by atoms with E-state index in [4.69, 9.17) is 4.74 Å². The van der Waals surface area contributed by atoms with Crippen molar-refractivity contribution >= 4 is 5.78 Å². The second kappa shape index (κ2) is 7.93. The summed E-state index contributed by atoms with van der Waals surface area (Å²) < 4.78 is 6.03. The van der Waals surface area contributed by atoms with Crippen LogP contribution in [0.5, 0.6) is 11.5 Å². The first-order valence-corrected chi connectivity index (χ1v) is 7.57. The number of hydrogen-bond donors (Lipinski definition) is 1. The zero-order chi connectivity index (χ0) is 15.1. The number of benzene rings is 1. The highest BCUT2D eigenvalue weighted by Gasteiger charge is 2.17. The summed E-state index contributed by atoms with van der Waals surface area (Å²) in [5, 5.41) is 10.3. The molecule has 0 aliphatic rings. The number of carbonyl (C=O) groups excluding carboxylic acids is 1. The van der Waals surface area contributed by atoms with E-state index < -0.39 is 0 Å². The number of ether oxygens (including phenoxy) is 1. The van der Waals surface area contributed by atoms with Crippen molar-refractivity contribution in [1.82, 2.24) is 0 Å². The van der Waals surface area contributed by atoms with Crippen LogP contribution < -0.4 is 4.74 Å². The van der Waals surface area contributed by atoms with Crippen LogP contribution in [0.4, 0.5) is 0 Å². The minimum Gasteiger partial charge on any atom is -0.507 e. The molecule has 1 unspecified atom stereocenters. The topological polar surface area (TPSA) is 46.5 Å². The van der Waals surface area contributed by atoms with E-state index in [1.165, 1.54) is 6.92 Å². The molecule has 0 bridgehead atoms. The quantitative estimate of drug-likeness (QED) is 0.712. The first-order chi connectivity index (χ1) is 9.54. The van der Waals surface area contributed by atoms with Crippen molar-refractivity contribution < 1.29 is 14.6 Å². The molecule has 0 spiro atoms. The highest BCUT2D eigenvalue weighted by Crippen LogP contribution is 2.34. The summed E-state index contributed by atoms with van der Waals surface area (Å²) in [5.74, 6) is 0.685. The van der Waals surface area contributed by atoms with Gasteiger partial charge in [-0.15, -0.1) is 0 Å². The molecule has 20 heavy (non-hydrogen) atoms. The van der Waals surface area contributed by atoms with Gasteiger partial charge in [0.15, 0.2) is 5.78 Å². The molecule has 1 aromatic rings. The van der Waals surface area contributed by atoms with Crippen molar-refractivity contribution in [1.29, 1.82) is 0 Å². The van der Waals surface area contributed by atoms with Crippen molar-refractivity contribution in [3.8, 4) is 11.5 Å². The third-order valence-electron chi connectivity index (χ3n) is 3.48. The summed E-state index contributed by atoms with van der Waals surface area (Å²) in [6.45, 7) is 7.75. The zero-order valence-electron chi connectivity index (χ0n) is 13.0. The molecule has 1 rings (SSSR count).